The third-order valence-corrected chi connectivity index (χ3v) is 5.01. The average Bonchev–Trinajstić information content (AvgIpc) is 3.27. The van der Waals surface area contributed by atoms with Crippen LogP contribution < -0.4 is 5.32 Å². The normalized spacial score (nSPS) is 11.7. The summed E-state index contributed by atoms with van der Waals surface area (Å²) in [5.41, 5.74) is 5.67. The van der Waals surface area contributed by atoms with Crippen molar-refractivity contribution in [2.24, 2.45) is 7.05 Å². The van der Waals surface area contributed by atoms with Crippen molar-refractivity contribution in [3.05, 3.63) is 52.7 Å². The van der Waals surface area contributed by atoms with Gasteiger partial charge in [-0.15, -0.1) is 0 Å². The predicted molar refractivity (Wildman–Crippen MR) is 112 cm³/mol. The van der Waals surface area contributed by atoms with Crippen molar-refractivity contribution in [3.63, 3.8) is 0 Å². The highest BCUT2D eigenvalue weighted by Crippen LogP contribution is 2.24. The van der Waals surface area contributed by atoms with Crippen LogP contribution in [0, 0.1) is 27.7 Å². The Morgan fingerprint density at radius 1 is 1.18 bits per heavy atom. The van der Waals surface area contributed by atoms with Crippen LogP contribution in [0.3, 0.4) is 0 Å². The van der Waals surface area contributed by atoms with E-state index in [0.29, 0.717) is 0 Å². The number of aryl methyl sites for hydroxylation is 3. The first kappa shape index (κ1) is 19.7. The molecule has 0 unspecified atom stereocenters. The van der Waals surface area contributed by atoms with E-state index in [4.69, 9.17) is 0 Å². The Morgan fingerprint density at radius 2 is 1.89 bits per heavy atom. The third-order valence-electron chi connectivity index (χ3n) is 5.01. The standard InChI is InChI=1S/C21H28N6O/c1-13(2)27-20(10-11-22-27)26-14(3)12-18(16(26)5)8-9-19(28)23-21-15(4)24-25(7)17(21)6/h8-13H,1-7H3,(H,23,28)/b9-8+. The minimum Gasteiger partial charge on any atom is -0.319 e. The Balaban J connectivity index is 1.85. The van der Waals surface area contributed by atoms with E-state index in [1.54, 1.807) is 10.8 Å². The summed E-state index contributed by atoms with van der Waals surface area (Å²) in [5.74, 6) is 0.854. The van der Waals surface area contributed by atoms with E-state index in [0.717, 1.165) is 39.8 Å². The maximum Gasteiger partial charge on any atom is 0.248 e. The number of nitrogens with zero attached hydrogens (tertiary/aromatic N) is 5. The van der Waals surface area contributed by atoms with Gasteiger partial charge in [0.1, 0.15) is 5.82 Å². The lowest BCUT2D eigenvalue weighted by molar-refractivity contribution is -0.111. The van der Waals surface area contributed by atoms with Crippen molar-refractivity contribution in [1.29, 1.82) is 0 Å². The zero-order valence-electron chi connectivity index (χ0n) is 17.6. The SMILES string of the molecule is Cc1nn(C)c(C)c1NC(=O)/C=C/c1cc(C)n(-c2ccnn2C(C)C)c1C. The summed E-state index contributed by atoms with van der Waals surface area (Å²) >= 11 is 0. The number of amides is 1. The summed E-state index contributed by atoms with van der Waals surface area (Å²) in [4.78, 5) is 12.4. The molecule has 3 rings (SSSR count). The molecule has 0 aliphatic rings. The molecule has 3 aromatic heterocycles. The van der Waals surface area contributed by atoms with Crippen LogP contribution >= 0.6 is 0 Å². The molecule has 0 aliphatic carbocycles. The van der Waals surface area contributed by atoms with Gasteiger partial charge in [-0.2, -0.15) is 10.2 Å². The van der Waals surface area contributed by atoms with Gasteiger partial charge in [0, 0.05) is 36.6 Å². The Kier molecular flexibility index (Phi) is 5.27. The molecule has 0 aliphatic heterocycles. The van der Waals surface area contributed by atoms with Crippen LogP contribution in [0.5, 0.6) is 0 Å². The zero-order valence-corrected chi connectivity index (χ0v) is 17.6. The first-order valence-corrected chi connectivity index (χ1v) is 9.42. The Morgan fingerprint density at radius 3 is 2.50 bits per heavy atom. The van der Waals surface area contributed by atoms with Crippen LogP contribution in [-0.2, 0) is 11.8 Å². The largest absolute Gasteiger partial charge is 0.319 e. The summed E-state index contributed by atoms with van der Waals surface area (Å²) in [7, 11) is 1.87. The second-order valence-corrected chi connectivity index (χ2v) is 7.38. The van der Waals surface area contributed by atoms with Gasteiger partial charge in [0.05, 0.1) is 23.3 Å². The van der Waals surface area contributed by atoms with Gasteiger partial charge < -0.3 is 9.88 Å². The molecule has 0 spiro atoms. The van der Waals surface area contributed by atoms with Crippen LogP contribution in [0.2, 0.25) is 0 Å². The van der Waals surface area contributed by atoms with Crippen molar-refractivity contribution in [1.82, 2.24) is 24.1 Å². The fraction of sp³-hybridized carbons (Fsp3) is 0.381. The Bertz CT molecular complexity index is 1050. The Hall–Kier alpha value is -3.09. The molecular weight excluding hydrogens is 352 g/mol. The van der Waals surface area contributed by atoms with Crippen LogP contribution in [0.1, 0.15) is 48.2 Å². The molecule has 3 heterocycles. The molecule has 0 saturated carbocycles. The first-order chi connectivity index (χ1) is 13.2. The highest BCUT2D eigenvalue weighted by atomic mass is 16.1. The number of hydrogen-bond donors (Lipinski definition) is 1. The summed E-state index contributed by atoms with van der Waals surface area (Å²) in [6.07, 6.45) is 5.23. The number of nitrogens with one attached hydrogen (secondary N) is 1. The Labute approximate surface area is 165 Å². The van der Waals surface area contributed by atoms with Crippen molar-refractivity contribution in [3.8, 4) is 5.82 Å². The summed E-state index contributed by atoms with van der Waals surface area (Å²) in [6, 6.07) is 4.35. The average molecular weight is 380 g/mol. The smallest absolute Gasteiger partial charge is 0.248 e. The van der Waals surface area contributed by atoms with E-state index in [1.807, 2.05) is 43.9 Å². The lowest BCUT2D eigenvalue weighted by Gasteiger charge is -2.15. The topological polar surface area (TPSA) is 69.7 Å². The molecule has 0 fully saturated rings. The number of carbonyl (C=O) groups is 1. The van der Waals surface area contributed by atoms with E-state index in [1.165, 1.54) is 0 Å². The fourth-order valence-electron chi connectivity index (χ4n) is 3.48. The predicted octanol–water partition coefficient (Wildman–Crippen LogP) is 3.87. The van der Waals surface area contributed by atoms with Gasteiger partial charge in [0.25, 0.3) is 0 Å². The second kappa shape index (κ2) is 7.50. The van der Waals surface area contributed by atoms with Crippen molar-refractivity contribution in [2.45, 2.75) is 47.6 Å². The van der Waals surface area contributed by atoms with Crippen molar-refractivity contribution < 1.29 is 4.79 Å². The summed E-state index contributed by atoms with van der Waals surface area (Å²) in [5, 5.41) is 11.7. The highest BCUT2D eigenvalue weighted by Gasteiger charge is 2.15. The quantitative estimate of drug-likeness (QED) is 0.683. The minimum absolute atomic E-state index is 0.170. The van der Waals surface area contributed by atoms with E-state index in [-0.39, 0.29) is 11.9 Å². The molecule has 0 aromatic carbocycles. The molecule has 0 atom stereocenters. The molecule has 0 bridgehead atoms. The number of rotatable bonds is 5. The highest BCUT2D eigenvalue weighted by molar-refractivity contribution is 6.02. The zero-order chi connectivity index (χ0) is 20.6. The van der Waals surface area contributed by atoms with Gasteiger partial charge >= 0.3 is 0 Å². The molecule has 7 nitrogen and oxygen atoms in total. The maximum absolute atomic E-state index is 12.4. The number of aromatic nitrogens is 5. The molecule has 3 aromatic rings. The number of carbonyl (C=O) groups excluding carboxylic acids is 1. The minimum atomic E-state index is -0.170. The molecule has 1 N–H and O–H groups in total. The maximum atomic E-state index is 12.4. The van der Waals surface area contributed by atoms with Gasteiger partial charge in [0.2, 0.25) is 5.91 Å². The molecule has 7 heteroatoms. The lowest BCUT2D eigenvalue weighted by Crippen LogP contribution is -2.11. The second-order valence-electron chi connectivity index (χ2n) is 7.38. The van der Waals surface area contributed by atoms with Crippen LogP contribution in [-0.4, -0.2) is 30.0 Å². The van der Waals surface area contributed by atoms with Gasteiger partial charge in [0.15, 0.2) is 0 Å². The van der Waals surface area contributed by atoms with Gasteiger partial charge in [-0.1, -0.05) is 0 Å². The van der Waals surface area contributed by atoms with Crippen LogP contribution in [0.15, 0.2) is 24.4 Å². The van der Waals surface area contributed by atoms with Crippen LogP contribution in [0.4, 0.5) is 5.69 Å². The molecule has 148 valence electrons. The molecule has 0 saturated heterocycles. The summed E-state index contributed by atoms with van der Waals surface area (Å²) in [6.45, 7) is 12.2. The van der Waals surface area contributed by atoms with Crippen LogP contribution in [0.25, 0.3) is 11.9 Å². The van der Waals surface area contributed by atoms with Gasteiger partial charge in [-0.25, -0.2) is 4.68 Å². The van der Waals surface area contributed by atoms with E-state index < -0.39 is 0 Å². The van der Waals surface area contributed by atoms with E-state index in [9.17, 15) is 4.79 Å². The third kappa shape index (κ3) is 3.52. The van der Waals surface area contributed by atoms with Gasteiger partial charge in [-0.3, -0.25) is 9.48 Å². The molecule has 1 amide bonds. The molecule has 0 radical (unpaired) electrons. The summed E-state index contributed by atoms with van der Waals surface area (Å²) < 4.78 is 5.92. The number of hydrogen-bond acceptors (Lipinski definition) is 3. The van der Waals surface area contributed by atoms with E-state index in [2.05, 4.69) is 53.8 Å². The van der Waals surface area contributed by atoms with Gasteiger partial charge in [-0.05, 0) is 59.2 Å². The molecular formula is C21H28N6O. The van der Waals surface area contributed by atoms with Crippen molar-refractivity contribution in [2.75, 3.05) is 5.32 Å². The molecule has 28 heavy (non-hydrogen) atoms. The van der Waals surface area contributed by atoms with Crippen molar-refractivity contribution >= 4 is 17.7 Å². The lowest BCUT2D eigenvalue weighted by atomic mass is 10.2. The monoisotopic (exact) mass is 380 g/mol. The number of anilines is 1. The fourth-order valence-corrected chi connectivity index (χ4v) is 3.48. The van der Waals surface area contributed by atoms with E-state index >= 15 is 0 Å². The first-order valence-electron chi connectivity index (χ1n) is 9.42.